The average Bonchev–Trinajstić information content (AvgIpc) is 3.47. The van der Waals surface area contributed by atoms with Crippen molar-refractivity contribution < 1.29 is 24.0 Å². The molecule has 4 rings (SSSR count). The number of phenols is 1. The lowest BCUT2D eigenvalue weighted by atomic mass is 10.1. The first-order valence-electron chi connectivity index (χ1n) is 9.99. The monoisotopic (exact) mass is 464 g/mol. The van der Waals surface area contributed by atoms with Crippen molar-refractivity contribution in [1.82, 2.24) is 30.7 Å². The maximum absolute atomic E-state index is 12.9. The molecule has 0 fully saturated rings. The zero-order chi connectivity index (χ0) is 24.1. The Hall–Kier alpha value is -4.94. The van der Waals surface area contributed by atoms with Crippen LogP contribution in [0.5, 0.6) is 17.2 Å². The van der Waals surface area contributed by atoms with E-state index in [1.54, 1.807) is 43.3 Å². The van der Waals surface area contributed by atoms with E-state index in [1.807, 2.05) is 0 Å². The van der Waals surface area contributed by atoms with Crippen molar-refractivity contribution in [3.63, 3.8) is 0 Å². The van der Waals surface area contributed by atoms with E-state index in [-0.39, 0.29) is 28.8 Å². The first-order valence-corrected chi connectivity index (χ1v) is 9.99. The third-order valence-electron chi connectivity index (χ3n) is 4.59. The standard InChI is InChI=1S/C21H20N8O5/c1-3-33-16-9-12(7-8-15(16)30)11-23-25-21(31)17-18(13-5-4-6-14(10-13)32-2)29(28-24-17)20-19(22)26-34-27-20/h4-11,30H,3H2,1-2H3,(H2,22,26)(H,25,31)/b23-11-. The van der Waals surface area contributed by atoms with Crippen LogP contribution in [-0.4, -0.2) is 56.3 Å². The molecule has 2 aromatic heterocycles. The van der Waals surface area contributed by atoms with Gasteiger partial charge in [-0.05, 0) is 53.1 Å². The Balaban J connectivity index is 1.65. The largest absolute Gasteiger partial charge is 0.504 e. The number of nitrogens with two attached hydrogens (primary N) is 1. The summed E-state index contributed by atoms with van der Waals surface area (Å²) in [6.45, 7) is 2.19. The molecule has 174 valence electrons. The minimum atomic E-state index is -0.640. The first-order chi connectivity index (χ1) is 16.5. The smallest absolute Gasteiger partial charge is 0.294 e. The molecular weight excluding hydrogens is 444 g/mol. The molecule has 0 unspecified atom stereocenters. The molecular formula is C21H20N8O5. The van der Waals surface area contributed by atoms with Crippen LogP contribution < -0.4 is 20.6 Å². The molecule has 2 heterocycles. The number of benzene rings is 2. The molecule has 0 aliphatic rings. The molecule has 0 aliphatic heterocycles. The number of anilines is 1. The van der Waals surface area contributed by atoms with E-state index in [1.165, 1.54) is 24.1 Å². The lowest BCUT2D eigenvalue weighted by Crippen LogP contribution is -2.19. The Kier molecular flexibility index (Phi) is 6.34. The molecule has 0 saturated carbocycles. The fourth-order valence-electron chi connectivity index (χ4n) is 3.05. The number of carbonyl (C=O) groups is 1. The highest BCUT2D eigenvalue weighted by atomic mass is 16.6. The van der Waals surface area contributed by atoms with Gasteiger partial charge in [0.2, 0.25) is 11.6 Å². The Labute approximate surface area is 192 Å². The number of hydrazone groups is 1. The lowest BCUT2D eigenvalue weighted by Gasteiger charge is -2.07. The van der Waals surface area contributed by atoms with Crippen molar-refractivity contribution in [3.05, 3.63) is 53.7 Å². The Morgan fingerprint density at radius 3 is 2.88 bits per heavy atom. The zero-order valence-electron chi connectivity index (χ0n) is 18.2. The van der Waals surface area contributed by atoms with Gasteiger partial charge in [-0.3, -0.25) is 4.79 Å². The number of amides is 1. The molecule has 4 aromatic rings. The summed E-state index contributed by atoms with van der Waals surface area (Å²) in [4.78, 5) is 12.9. The summed E-state index contributed by atoms with van der Waals surface area (Å²) in [5.41, 5.74) is 9.61. The van der Waals surface area contributed by atoms with E-state index in [9.17, 15) is 9.90 Å². The summed E-state index contributed by atoms with van der Waals surface area (Å²) in [5.74, 6) is 0.262. The van der Waals surface area contributed by atoms with Gasteiger partial charge in [-0.1, -0.05) is 17.3 Å². The Morgan fingerprint density at radius 2 is 2.15 bits per heavy atom. The topological polar surface area (TPSA) is 176 Å². The second-order valence-corrected chi connectivity index (χ2v) is 6.76. The number of ether oxygens (including phenoxy) is 2. The quantitative estimate of drug-likeness (QED) is 0.257. The van der Waals surface area contributed by atoms with E-state index in [4.69, 9.17) is 15.2 Å². The van der Waals surface area contributed by atoms with Crippen molar-refractivity contribution in [2.75, 3.05) is 19.5 Å². The molecule has 0 bridgehead atoms. The van der Waals surface area contributed by atoms with Crippen molar-refractivity contribution in [2.24, 2.45) is 5.10 Å². The molecule has 2 aromatic carbocycles. The molecule has 0 aliphatic carbocycles. The number of methoxy groups -OCH3 is 1. The van der Waals surface area contributed by atoms with Crippen LogP contribution in [0.3, 0.4) is 0 Å². The second-order valence-electron chi connectivity index (χ2n) is 6.76. The highest BCUT2D eigenvalue weighted by molar-refractivity contribution is 5.99. The van der Waals surface area contributed by atoms with Gasteiger partial charge in [0.25, 0.3) is 5.91 Å². The molecule has 4 N–H and O–H groups in total. The van der Waals surface area contributed by atoms with Crippen molar-refractivity contribution in [1.29, 1.82) is 0 Å². The molecule has 13 nitrogen and oxygen atoms in total. The summed E-state index contributed by atoms with van der Waals surface area (Å²) < 4.78 is 16.5. The second kappa shape index (κ2) is 9.68. The predicted octanol–water partition coefficient (Wildman–Crippen LogP) is 1.78. The maximum Gasteiger partial charge on any atom is 0.294 e. The third-order valence-corrected chi connectivity index (χ3v) is 4.59. The van der Waals surface area contributed by atoms with Gasteiger partial charge in [-0.15, -0.1) is 5.10 Å². The van der Waals surface area contributed by atoms with Gasteiger partial charge in [0.1, 0.15) is 11.4 Å². The van der Waals surface area contributed by atoms with E-state index in [2.05, 4.69) is 35.8 Å². The van der Waals surface area contributed by atoms with Crippen LogP contribution in [0.4, 0.5) is 5.82 Å². The van der Waals surface area contributed by atoms with Crippen LogP contribution in [-0.2, 0) is 0 Å². The average molecular weight is 464 g/mol. The van der Waals surface area contributed by atoms with Gasteiger partial charge < -0.3 is 20.3 Å². The van der Waals surface area contributed by atoms with Crippen LogP contribution >= 0.6 is 0 Å². The molecule has 0 spiro atoms. The van der Waals surface area contributed by atoms with Gasteiger partial charge in [0.15, 0.2) is 17.2 Å². The highest BCUT2D eigenvalue weighted by Crippen LogP contribution is 2.29. The highest BCUT2D eigenvalue weighted by Gasteiger charge is 2.25. The normalized spacial score (nSPS) is 11.0. The number of aromatic nitrogens is 5. The fourth-order valence-corrected chi connectivity index (χ4v) is 3.05. The van der Waals surface area contributed by atoms with Crippen LogP contribution in [0.1, 0.15) is 23.0 Å². The van der Waals surface area contributed by atoms with Gasteiger partial charge in [-0.2, -0.15) is 9.78 Å². The number of hydrogen-bond donors (Lipinski definition) is 3. The number of aromatic hydroxyl groups is 1. The minimum absolute atomic E-state index is 0.00389. The fraction of sp³-hybridized carbons (Fsp3) is 0.143. The first kappa shape index (κ1) is 22.3. The molecule has 34 heavy (non-hydrogen) atoms. The number of carbonyl (C=O) groups excluding carboxylic acids is 1. The number of nitrogens with zero attached hydrogens (tertiary/aromatic N) is 6. The Bertz CT molecular complexity index is 1350. The number of rotatable bonds is 8. The zero-order valence-corrected chi connectivity index (χ0v) is 18.2. The number of nitrogen functional groups attached to an aromatic ring is 1. The third kappa shape index (κ3) is 4.48. The number of nitrogens with one attached hydrogen (secondary N) is 1. The van der Waals surface area contributed by atoms with Gasteiger partial charge in [0, 0.05) is 5.56 Å². The van der Waals surface area contributed by atoms with Crippen LogP contribution in [0.25, 0.3) is 17.1 Å². The minimum Gasteiger partial charge on any atom is -0.504 e. The van der Waals surface area contributed by atoms with Gasteiger partial charge in [-0.25, -0.2) is 10.1 Å². The van der Waals surface area contributed by atoms with Gasteiger partial charge >= 0.3 is 0 Å². The maximum atomic E-state index is 12.9. The van der Waals surface area contributed by atoms with E-state index < -0.39 is 5.91 Å². The number of phenolic OH excluding ortho intramolecular Hbond substituents is 1. The van der Waals surface area contributed by atoms with Crippen LogP contribution in [0.2, 0.25) is 0 Å². The molecule has 1 amide bonds. The SMILES string of the molecule is CCOc1cc(/C=N\NC(=O)c2nnn(-c3nonc3N)c2-c2cccc(OC)c2)ccc1O. The van der Waals surface area contributed by atoms with E-state index in [0.717, 1.165) is 0 Å². The van der Waals surface area contributed by atoms with E-state index >= 15 is 0 Å². The molecule has 0 atom stereocenters. The summed E-state index contributed by atoms with van der Waals surface area (Å²) in [6.07, 6.45) is 1.40. The predicted molar refractivity (Wildman–Crippen MR) is 120 cm³/mol. The van der Waals surface area contributed by atoms with Gasteiger partial charge in [0.05, 0.1) is 19.9 Å². The molecule has 0 saturated heterocycles. The van der Waals surface area contributed by atoms with Crippen molar-refractivity contribution in [3.8, 4) is 34.3 Å². The van der Waals surface area contributed by atoms with Crippen molar-refractivity contribution >= 4 is 17.9 Å². The van der Waals surface area contributed by atoms with E-state index in [0.29, 0.717) is 29.2 Å². The number of hydrogen-bond acceptors (Lipinski definition) is 11. The summed E-state index contributed by atoms with van der Waals surface area (Å²) in [5, 5.41) is 29.1. The van der Waals surface area contributed by atoms with Crippen LogP contribution in [0.15, 0.2) is 52.2 Å². The van der Waals surface area contributed by atoms with Crippen molar-refractivity contribution in [2.45, 2.75) is 6.92 Å². The summed E-state index contributed by atoms with van der Waals surface area (Å²) in [6, 6.07) is 11.6. The lowest BCUT2D eigenvalue weighted by molar-refractivity contribution is 0.0950. The molecule has 13 heteroatoms. The Morgan fingerprint density at radius 1 is 1.29 bits per heavy atom. The van der Waals surface area contributed by atoms with Crippen LogP contribution in [0, 0.1) is 0 Å². The summed E-state index contributed by atoms with van der Waals surface area (Å²) in [7, 11) is 1.52. The molecule has 0 radical (unpaired) electrons. The summed E-state index contributed by atoms with van der Waals surface area (Å²) >= 11 is 0.